The number of benzene rings is 1. The fraction of sp³-hybridized carbons (Fsp3) is 0.368. The summed E-state index contributed by atoms with van der Waals surface area (Å²) in [6.45, 7) is 7.38. The first-order valence-electron chi connectivity index (χ1n) is 8.24. The number of hydrogen-bond acceptors (Lipinski definition) is 3. The molecule has 1 aromatic carbocycles. The second kappa shape index (κ2) is 8.45. The Balaban J connectivity index is 2.01. The zero-order valence-electron chi connectivity index (χ0n) is 14.6. The molecule has 0 aliphatic carbocycles. The topological polar surface area (TPSA) is 69.5 Å². The van der Waals surface area contributed by atoms with E-state index in [-0.39, 0.29) is 0 Å². The standard InChI is InChI=1S/C19H26N4O/c1-4-20-18(21-13-17-12-8-9-15(2)23-17)22-14-19(3,24)16-10-6-5-7-11-16/h5-12,24H,4,13-14H2,1-3H3,(H2,20,21,22). The fourth-order valence-corrected chi connectivity index (χ4v) is 2.34. The lowest BCUT2D eigenvalue weighted by Gasteiger charge is -2.25. The van der Waals surface area contributed by atoms with Crippen LogP contribution < -0.4 is 10.6 Å². The minimum atomic E-state index is -0.973. The summed E-state index contributed by atoms with van der Waals surface area (Å²) in [4.78, 5) is 8.99. The predicted octanol–water partition coefficient (Wildman–Crippen LogP) is 2.35. The van der Waals surface area contributed by atoms with Gasteiger partial charge in [-0.3, -0.25) is 4.98 Å². The molecule has 1 aromatic heterocycles. The molecular weight excluding hydrogens is 300 g/mol. The van der Waals surface area contributed by atoms with Crippen molar-refractivity contribution in [3.63, 3.8) is 0 Å². The van der Waals surface area contributed by atoms with Gasteiger partial charge in [0.25, 0.3) is 0 Å². The Morgan fingerprint density at radius 3 is 2.54 bits per heavy atom. The summed E-state index contributed by atoms with van der Waals surface area (Å²) in [6, 6.07) is 15.5. The van der Waals surface area contributed by atoms with Crippen LogP contribution in [0.2, 0.25) is 0 Å². The average molecular weight is 326 g/mol. The number of aromatic nitrogens is 1. The molecule has 128 valence electrons. The van der Waals surface area contributed by atoms with E-state index in [2.05, 4.69) is 20.6 Å². The van der Waals surface area contributed by atoms with E-state index in [1.54, 1.807) is 6.92 Å². The molecule has 5 heteroatoms. The zero-order chi connectivity index (χ0) is 17.4. The SMILES string of the molecule is CCNC(=NCc1cccc(C)n1)NCC(C)(O)c1ccccc1. The van der Waals surface area contributed by atoms with Gasteiger partial charge in [-0.25, -0.2) is 4.99 Å². The van der Waals surface area contributed by atoms with Crippen molar-refractivity contribution in [1.82, 2.24) is 15.6 Å². The molecule has 0 bridgehead atoms. The highest BCUT2D eigenvalue weighted by molar-refractivity contribution is 5.79. The van der Waals surface area contributed by atoms with Crippen molar-refractivity contribution in [3.05, 3.63) is 65.5 Å². The first-order valence-corrected chi connectivity index (χ1v) is 8.24. The number of rotatable bonds is 6. The van der Waals surface area contributed by atoms with Gasteiger partial charge in [0.1, 0.15) is 5.60 Å². The van der Waals surface area contributed by atoms with E-state index in [0.717, 1.165) is 23.5 Å². The molecule has 0 fully saturated rings. The van der Waals surface area contributed by atoms with Crippen LogP contribution >= 0.6 is 0 Å². The number of nitrogens with one attached hydrogen (secondary N) is 2. The maximum Gasteiger partial charge on any atom is 0.191 e. The van der Waals surface area contributed by atoms with Crippen molar-refractivity contribution in [3.8, 4) is 0 Å². The number of pyridine rings is 1. The van der Waals surface area contributed by atoms with Gasteiger partial charge in [-0.15, -0.1) is 0 Å². The first kappa shape index (κ1) is 17.9. The molecule has 5 nitrogen and oxygen atoms in total. The number of guanidine groups is 1. The van der Waals surface area contributed by atoms with E-state index in [0.29, 0.717) is 19.0 Å². The molecule has 24 heavy (non-hydrogen) atoms. The second-order valence-corrected chi connectivity index (χ2v) is 5.96. The monoisotopic (exact) mass is 326 g/mol. The normalized spacial score (nSPS) is 14.1. The first-order chi connectivity index (χ1) is 11.5. The number of nitrogens with zero attached hydrogens (tertiary/aromatic N) is 2. The molecule has 0 saturated heterocycles. The van der Waals surface area contributed by atoms with E-state index in [1.165, 1.54) is 0 Å². The van der Waals surface area contributed by atoms with Crippen LogP contribution in [0.4, 0.5) is 0 Å². The Bertz CT molecular complexity index is 668. The Morgan fingerprint density at radius 1 is 1.12 bits per heavy atom. The summed E-state index contributed by atoms with van der Waals surface area (Å²) in [5.74, 6) is 0.664. The van der Waals surface area contributed by atoms with Crippen LogP contribution in [0.1, 0.15) is 30.8 Å². The lowest BCUT2D eigenvalue weighted by Crippen LogP contribution is -2.44. The van der Waals surface area contributed by atoms with E-state index in [4.69, 9.17) is 0 Å². The Kier molecular flexibility index (Phi) is 6.32. The average Bonchev–Trinajstić information content (AvgIpc) is 2.58. The quantitative estimate of drug-likeness (QED) is 0.563. The van der Waals surface area contributed by atoms with Crippen LogP contribution in [-0.4, -0.2) is 29.1 Å². The number of aliphatic imine (C=N–C) groups is 1. The smallest absolute Gasteiger partial charge is 0.191 e. The van der Waals surface area contributed by atoms with Gasteiger partial charge in [-0.2, -0.15) is 0 Å². The van der Waals surface area contributed by atoms with Crippen LogP contribution in [-0.2, 0) is 12.1 Å². The summed E-state index contributed by atoms with van der Waals surface area (Å²) in [7, 11) is 0. The lowest BCUT2D eigenvalue weighted by atomic mass is 9.96. The van der Waals surface area contributed by atoms with Gasteiger partial charge >= 0.3 is 0 Å². The summed E-state index contributed by atoms with van der Waals surface area (Å²) < 4.78 is 0. The number of aryl methyl sites for hydroxylation is 1. The van der Waals surface area contributed by atoms with Gasteiger partial charge in [-0.1, -0.05) is 36.4 Å². The molecule has 0 spiro atoms. The van der Waals surface area contributed by atoms with Crippen LogP contribution in [0, 0.1) is 6.92 Å². The lowest BCUT2D eigenvalue weighted by molar-refractivity contribution is 0.0617. The van der Waals surface area contributed by atoms with E-state index in [1.807, 2.05) is 62.4 Å². The highest BCUT2D eigenvalue weighted by atomic mass is 16.3. The van der Waals surface area contributed by atoms with Crippen molar-refractivity contribution in [1.29, 1.82) is 0 Å². The molecule has 0 aliphatic rings. The van der Waals surface area contributed by atoms with Crippen LogP contribution in [0.15, 0.2) is 53.5 Å². The molecule has 1 heterocycles. The highest BCUT2D eigenvalue weighted by Gasteiger charge is 2.22. The van der Waals surface area contributed by atoms with E-state index in [9.17, 15) is 5.11 Å². The Hall–Kier alpha value is -2.40. The maximum absolute atomic E-state index is 10.7. The molecule has 0 aliphatic heterocycles. The third-order valence-corrected chi connectivity index (χ3v) is 3.69. The van der Waals surface area contributed by atoms with Gasteiger partial charge < -0.3 is 15.7 Å². The predicted molar refractivity (Wildman–Crippen MR) is 97.8 cm³/mol. The molecule has 2 rings (SSSR count). The van der Waals surface area contributed by atoms with Crippen LogP contribution in [0.25, 0.3) is 0 Å². The van der Waals surface area contributed by atoms with Crippen molar-refractivity contribution in [2.24, 2.45) is 4.99 Å². The Morgan fingerprint density at radius 2 is 1.88 bits per heavy atom. The van der Waals surface area contributed by atoms with Gasteiger partial charge in [-0.05, 0) is 38.5 Å². The molecule has 3 N–H and O–H groups in total. The molecule has 0 saturated carbocycles. The third kappa shape index (κ3) is 5.35. The zero-order valence-corrected chi connectivity index (χ0v) is 14.6. The van der Waals surface area contributed by atoms with Crippen LogP contribution in [0.3, 0.4) is 0 Å². The minimum absolute atomic E-state index is 0.365. The Labute approximate surface area is 143 Å². The maximum atomic E-state index is 10.7. The highest BCUT2D eigenvalue weighted by Crippen LogP contribution is 2.18. The summed E-state index contributed by atoms with van der Waals surface area (Å²) in [6.07, 6.45) is 0. The van der Waals surface area contributed by atoms with Crippen molar-refractivity contribution < 1.29 is 5.11 Å². The molecular formula is C19H26N4O. The van der Waals surface area contributed by atoms with Crippen molar-refractivity contribution in [2.75, 3.05) is 13.1 Å². The van der Waals surface area contributed by atoms with Gasteiger partial charge in [0.15, 0.2) is 5.96 Å². The van der Waals surface area contributed by atoms with E-state index >= 15 is 0 Å². The number of aliphatic hydroxyl groups is 1. The van der Waals surface area contributed by atoms with Crippen molar-refractivity contribution in [2.45, 2.75) is 32.9 Å². The van der Waals surface area contributed by atoms with Gasteiger partial charge in [0.2, 0.25) is 0 Å². The van der Waals surface area contributed by atoms with Crippen LogP contribution in [0.5, 0.6) is 0 Å². The number of hydrogen-bond donors (Lipinski definition) is 3. The molecule has 0 radical (unpaired) electrons. The van der Waals surface area contributed by atoms with E-state index < -0.39 is 5.60 Å². The molecule has 0 amide bonds. The fourth-order valence-electron chi connectivity index (χ4n) is 2.34. The molecule has 2 aromatic rings. The molecule has 1 atom stereocenters. The van der Waals surface area contributed by atoms with Crippen molar-refractivity contribution >= 4 is 5.96 Å². The van der Waals surface area contributed by atoms with Gasteiger partial charge in [0, 0.05) is 12.2 Å². The largest absolute Gasteiger partial charge is 0.384 e. The minimum Gasteiger partial charge on any atom is -0.384 e. The second-order valence-electron chi connectivity index (χ2n) is 5.96. The summed E-state index contributed by atoms with van der Waals surface area (Å²) >= 11 is 0. The van der Waals surface area contributed by atoms with Gasteiger partial charge in [0.05, 0.1) is 18.8 Å². The summed E-state index contributed by atoms with van der Waals surface area (Å²) in [5, 5.41) is 17.1. The third-order valence-electron chi connectivity index (χ3n) is 3.69. The molecule has 1 unspecified atom stereocenters. The summed E-state index contributed by atoms with van der Waals surface area (Å²) in [5.41, 5.74) is 1.79.